The van der Waals surface area contributed by atoms with Crippen molar-refractivity contribution in [2.45, 2.75) is 6.54 Å². The highest BCUT2D eigenvalue weighted by Gasteiger charge is 2.05. The largest absolute Gasteiger partial charge is 0.341 e. The van der Waals surface area contributed by atoms with Gasteiger partial charge in [0.1, 0.15) is 0 Å². The van der Waals surface area contributed by atoms with Crippen molar-refractivity contribution in [3.05, 3.63) is 35.9 Å². The van der Waals surface area contributed by atoms with E-state index in [9.17, 15) is 4.79 Å². The van der Waals surface area contributed by atoms with Crippen LogP contribution in [0.25, 0.3) is 0 Å². The van der Waals surface area contributed by atoms with Crippen molar-refractivity contribution in [2.24, 2.45) is 0 Å². The third kappa shape index (κ3) is 3.11. The summed E-state index contributed by atoms with van der Waals surface area (Å²) in [6, 6.07) is 9.86. The Kier molecular flexibility index (Phi) is 3.83. The van der Waals surface area contributed by atoms with Crippen molar-refractivity contribution in [1.82, 2.24) is 4.90 Å². The molecule has 0 atom stereocenters. The summed E-state index contributed by atoms with van der Waals surface area (Å²) in [5.74, 6) is 0.155. The lowest BCUT2D eigenvalue weighted by Gasteiger charge is -2.15. The molecular formula is C10H12NOS. The van der Waals surface area contributed by atoms with Crippen LogP contribution in [-0.4, -0.2) is 23.6 Å². The maximum atomic E-state index is 11.1. The first-order chi connectivity index (χ1) is 6.24. The number of benzene rings is 1. The lowest BCUT2D eigenvalue weighted by atomic mass is 10.2. The highest BCUT2D eigenvalue weighted by atomic mass is 32.1. The van der Waals surface area contributed by atoms with E-state index in [4.69, 9.17) is 0 Å². The zero-order chi connectivity index (χ0) is 9.68. The molecule has 0 saturated carbocycles. The molecular weight excluding hydrogens is 182 g/mol. The van der Waals surface area contributed by atoms with Gasteiger partial charge in [0, 0.05) is 13.6 Å². The summed E-state index contributed by atoms with van der Waals surface area (Å²) < 4.78 is 0. The van der Waals surface area contributed by atoms with Crippen LogP contribution in [0.15, 0.2) is 30.3 Å². The Bertz CT molecular complexity index is 274. The Hall–Kier alpha value is -0.960. The number of hydrogen-bond donors (Lipinski definition) is 0. The maximum absolute atomic E-state index is 11.1. The van der Waals surface area contributed by atoms with Crippen LogP contribution in [0.4, 0.5) is 0 Å². The van der Waals surface area contributed by atoms with Crippen LogP contribution < -0.4 is 0 Å². The quantitative estimate of drug-likeness (QED) is 0.719. The molecule has 0 N–H and O–H groups in total. The van der Waals surface area contributed by atoms with Crippen molar-refractivity contribution < 1.29 is 4.79 Å². The number of nitrogens with zero attached hydrogens (tertiary/aromatic N) is 1. The minimum absolute atomic E-state index is 0.00106. The van der Waals surface area contributed by atoms with E-state index in [2.05, 4.69) is 12.6 Å². The van der Waals surface area contributed by atoms with E-state index in [-0.39, 0.29) is 11.7 Å². The number of carbonyl (C=O) groups is 1. The Balaban J connectivity index is 2.55. The lowest BCUT2D eigenvalue weighted by molar-refractivity contribution is -0.127. The molecule has 0 bridgehead atoms. The van der Waals surface area contributed by atoms with Crippen LogP contribution in [0.2, 0.25) is 0 Å². The molecule has 2 nitrogen and oxygen atoms in total. The summed E-state index contributed by atoms with van der Waals surface area (Å²) in [4.78, 5) is 12.8. The first kappa shape index (κ1) is 10.1. The van der Waals surface area contributed by atoms with E-state index >= 15 is 0 Å². The smallest absolute Gasteiger partial charge is 0.233 e. The van der Waals surface area contributed by atoms with Gasteiger partial charge in [0.05, 0.1) is 5.75 Å². The van der Waals surface area contributed by atoms with Gasteiger partial charge >= 0.3 is 0 Å². The Morgan fingerprint density at radius 2 is 2.00 bits per heavy atom. The highest BCUT2D eigenvalue weighted by molar-refractivity contribution is 7.81. The summed E-state index contributed by atoms with van der Waals surface area (Å²) in [6.07, 6.45) is 0. The van der Waals surface area contributed by atoms with Crippen molar-refractivity contribution in [3.8, 4) is 0 Å². The van der Waals surface area contributed by atoms with Crippen molar-refractivity contribution in [3.63, 3.8) is 0 Å². The molecule has 1 aromatic rings. The topological polar surface area (TPSA) is 20.3 Å². The van der Waals surface area contributed by atoms with Gasteiger partial charge in [0.2, 0.25) is 5.91 Å². The molecule has 3 heteroatoms. The summed E-state index contributed by atoms with van der Waals surface area (Å²) in [5.41, 5.74) is 1.13. The van der Waals surface area contributed by atoms with E-state index in [0.29, 0.717) is 6.54 Å². The van der Waals surface area contributed by atoms with Gasteiger partial charge in [-0.25, -0.2) is 0 Å². The second-order valence-electron chi connectivity index (χ2n) is 2.88. The first-order valence-corrected chi connectivity index (χ1v) is 4.67. The second-order valence-corrected chi connectivity index (χ2v) is 3.17. The lowest BCUT2D eigenvalue weighted by Crippen LogP contribution is -2.27. The third-order valence-electron chi connectivity index (χ3n) is 1.81. The standard InChI is InChI=1S/C10H12NOS/c1-11(10(12)8-13)7-9-5-3-2-4-6-9/h2-6H,7-8H2,1H3. The predicted molar refractivity (Wildman–Crippen MR) is 55.4 cm³/mol. The summed E-state index contributed by atoms with van der Waals surface area (Å²) in [6.45, 7) is 0.635. The van der Waals surface area contributed by atoms with E-state index < -0.39 is 0 Å². The zero-order valence-electron chi connectivity index (χ0n) is 7.56. The van der Waals surface area contributed by atoms with Crippen LogP contribution >= 0.6 is 12.6 Å². The molecule has 0 spiro atoms. The predicted octanol–water partition coefficient (Wildman–Crippen LogP) is 1.84. The van der Waals surface area contributed by atoms with Crippen molar-refractivity contribution in [1.29, 1.82) is 0 Å². The fourth-order valence-electron chi connectivity index (χ4n) is 1.06. The number of amides is 1. The summed E-state index contributed by atoms with van der Waals surface area (Å²) in [7, 11) is 1.77. The molecule has 0 aliphatic rings. The molecule has 0 aliphatic heterocycles. The SMILES string of the molecule is CN(Cc1ccccc1)C(=O)C[S]. The number of hydrogen-bond acceptors (Lipinski definition) is 1. The van der Waals surface area contributed by atoms with E-state index in [1.807, 2.05) is 30.3 Å². The van der Waals surface area contributed by atoms with Gasteiger partial charge in [-0.05, 0) is 5.56 Å². The van der Waals surface area contributed by atoms with E-state index in [0.717, 1.165) is 5.56 Å². The van der Waals surface area contributed by atoms with Gasteiger partial charge in [-0.1, -0.05) is 43.0 Å². The minimum atomic E-state index is -0.00106. The van der Waals surface area contributed by atoms with Crippen LogP contribution in [0.5, 0.6) is 0 Å². The fourth-order valence-corrected chi connectivity index (χ4v) is 1.28. The summed E-state index contributed by atoms with van der Waals surface area (Å²) >= 11 is 4.68. The Labute approximate surface area is 84.0 Å². The van der Waals surface area contributed by atoms with Gasteiger partial charge in [0.15, 0.2) is 0 Å². The molecule has 0 saturated heterocycles. The molecule has 0 aromatic heterocycles. The monoisotopic (exact) mass is 194 g/mol. The molecule has 1 radical (unpaired) electrons. The molecule has 1 aromatic carbocycles. The molecule has 1 amide bonds. The van der Waals surface area contributed by atoms with Crippen LogP contribution in [0.3, 0.4) is 0 Å². The molecule has 0 aliphatic carbocycles. The molecule has 13 heavy (non-hydrogen) atoms. The van der Waals surface area contributed by atoms with Gasteiger partial charge in [0.25, 0.3) is 0 Å². The number of rotatable bonds is 3. The van der Waals surface area contributed by atoms with Gasteiger partial charge in [-0.3, -0.25) is 4.79 Å². The molecule has 0 heterocycles. The second kappa shape index (κ2) is 4.92. The molecule has 1 rings (SSSR count). The normalized spacial score (nSPS) is 9.69. The fraction of sp³-hybridized carbons (Fsp3) is 0.300. The van der Waals surface area contributed by atoms with Crippen molar-refractivity contribution in [2.75, 3.05) is 12.8 Å². The van der Waals surface area contributed by atoms with Gasteiger partial charge < -0.3 is 4.90 Å². The zero-order valence-corrected chi connectivity index (χ0v) is 8.38. The molecule has 0 fully saturated rings. The van der Waals surface area contributed by atoms with Crippen LogP contribution in [0, 0.1) is 0 Å². The summed E-state index contributed by atoms with van der Waals surface area (Å²) in [5, 5.41) is 0. The average Bonchev–Trinajstić information content (AvgIpc) is 2.18. The van der Waals surface area contributed by atoms with Crippen molar-refractivity contribution >= 4 is 18.5 Å². The Morgan fingerprint density at radius 1 is 1.38 bits per heavy atom. The van der Waals surface area contributed by atoms with Gasteiger partial charge in [-0.15, -0.1) is 0 Å². The van der Waals surface area contributed by atoms with E-state index in [1.165, 1.54) is 0 Å². The third-order valence-corrected chi connectivity index (χ3v) is 2.06. The average molecular weight is 194 g/mol. The first-order valence-electron chi connectivity index (χ1n) is 4.10. The number of carbonyl (C=O) groups excluding carboxylic acids is 1. The Morgan fingerprint density at radius 3 is 2.54 bits per heavy atom. The maximum Gasteiger partial charge on any atom is 0.233 e. The molecule has 0 unspecified atom stereocenters. The van der Waals surface area contributed by atoms with Gasteiger partial charge in [-0.2, -0.15) is 0 Å². The molecule has 69 valence electrons. The van der Waals surface area contributed by atoms with Crippen LogP contribution in [-0.2, 0) is 11.3 Å². The highest BCUT2D eigenvalue weighted by Crippen LogP contribution is 2.02. The van der Waals surface area contributed by atoms with E-state index in [1.54, 1.807) is 11.9 Å². The minimum Gasteiger partial charge on any atom is -0.341 e. The van der Waals surface area contributed by atoms with Crippen LogP contribution in [0.1, 0.15) is 5.56 Å².